The van der Waals surface area contributed by atoms with Crippen LogP contribution in [-0.4, -0.2) is 105 Å². The molecule has 1 fully saturated rings. The largest absolute Gasteiger partial charge is 0.379 e. The SMILES string of the molecule is CCCCCCCOCCOCCOCCOCCOCCOCCOC1CCNCC1. The summed E-state index contributed by atoms with van der Waals surface area (Å²) in [7, 11) is 0. The lowest BCUT2D eigenvalue weighted by Crippen LogP contribution is -2.33. The summed E-state index contributed by atoms with van der Waals surface area (Å²) in [5.74, 6) is 0. The first-order valence-corrected chi connectivity index (χ1v) is 12.7. The highest BCUT2D eigenvalue weighted by atomic mass is 16.6. The molecule has 0 aliphatic carbocycles. The van der Waals surface area contributed by atoms with Crippen molar-refractivity contribution in [3.05, 3.63) is 0 Å². The van der Waals surface area contributed by atoms with Crippen molar-refractivity contribution in [1.82, 2.24) is 5.32 Å². The summed E-state index contributed by atoms with van der Waals surface area (Å²) in [6.07, 6.45) is 8.91. The maximum absolute atomic E-state index is 5.78. The van der Waals surface area contributed by atoms with Crippen LogP contribution in [0.5, 0.6) is 0 Å². The van der Waals surface area contributed by atoms with E-state index in [0.29, 0.717) is 85.4 Å². The Labute approximate surface area is 195 Å². The third kappa shape index (κ3) is 21.5. The molecule has 32 heavy (non-hydrogen) atoms. The summed E-state index contributed by atoms with van der Waals surface area (Å²) < 4.78 is 38.8. The predicted molar refractivity (Wildman–Crippen MR) is 126 cm³/mol. The molecular formula is C24H49NO7. The van der Waals surface area contributed by atoms with Gasteiger partial charge in [-0.05, 0) is 32.4 Å². The molecule has 0 aromatic heterocycles. The Morgan fingerprint density at radius 1 is 0.500 bits per heavy atom. The van der Waals surface area contributed by atoms with Crippen LogP contribution in [0.2, 0.25) is 0 Å². The Hall–Kier alpha value is -0.320. The fourth-order valence-corrected chi connectivity index (χ4v) is 3.25. The summed E-state index contributed by atoms with van der Waals surface area (Å²) in [6.45, 7) is 12.3. The Bertz CT molecular complexity index is 357. The van der Waals surface area contributed by atoms with E-state index in [-0.39, 0.29) is 0 Å². The summed E-state index contributed by atoms with van der Waals surface area (Å²) in [6, 6.07) is 0. The first-order valence-electron chi connectivity index (χ1n) is 12.7. The Morgan fingerprint density at radius 3 is 1.38 bits per heavy atom. The van der Waals surface area contributed by atoms with Gasteiger partial charge in [0.25, 0.3) is 0 Å². The maximum atomic E-state index is 5.78. The Morgan fingerprint density at radius 2 is 0.906 bits per heavy atom. The van der Waals surface area contributed by atoms with Gasteiger partial charge in [0.05, 0.1) is 85.4 Å². The van der Waals surface area contributed by atoms with Gasteiger partial charge < -0.3 is 38.5 Å². The van der Waals surface area contributed by atoms with Crippen molar-refractivity contribution >= 4 is 0 Å². The minimum atomic E-state index is 0.388. The van der Waals surface area contributed by atoms with E-state index < -0.39 is 0 Å². The van der Waals surface area contributed by atoms with Crippen LogP contribution in [0.15, 0.2) is 0 Å². The lowest BCUT2D eigenvalue weighted by Gasteiger charge is -2.22. The molecule has 0 saturated carbocycles. The van der Waals surface area contributed by atoms with Crippen molar-refractivity contribution < 1.29 is 33.2 Å². The number of piperidine rings is 1. The van der Waals surface area contributed by atoms with Crippen molar-refractivity contribution in [2.24, 2.45) is 0 Å². The number of ether oxygens (including phenoxy) is 7. The van der Waals surface area contributed by atoms with E-state index >= 15 is 0 Å². The van der Waals surface area contributed by atoms with Gasteiger partial charge in [-0.25, -0.2) is 0 Å². The molecule has 192 valence electrons. The van der Waals surface area contributed by atoms with Gasteiger partial charge in [0, 0.05) is 6.61 Å². The molecule has 0 unspecified atom stereocenters. The normalized spacial score (nSPS) is 14.9. The van der Waals surface area contributed by atoms with E-state index in [9.17, 15) is 0 Å². The molecule has 1 rings (SSSR count). The monoisotopic (exact) mass is 463 g/mol. The van der Waals surface area contributed by atoms with Crippen LogP contribution in [0.25, 0.3) is 0 Å². The highest BCUT2D eigenvalue weighted by molar-refractivity contribution is 4.67. The highest BCUT2D eigenvalue weighted by Gasteiger charge is 2.12. The molecule has 0 radical (unpaired) electrons. The molecule has 0 aromatic carbocycles. The number of unbranched alkanes of at least 4 members (excludes halogenated alkanes) is 4. The number of hydrogen-bond acceptors (Lipinski definition) is 8. The van der Waals surface area contributed by atoms with Gasteiger partial charge in [-0.15, -0.1) is 0 Å². The first-order chi connectivity index (χ1) is 15.9. The van der Waals surface area contributed by atoms with Crippen molar-refractivity contribution in [2.45, 2.75) is 58.0 Å². The van der Waals surface area contributed by atoms with Crippen LogP contribution in [-0.2, 0) is 33.2 Å². The summed E-state index contributed by atoms with van der Waals surface area (Å²) in [5.41, 5.74) is 0. The molecule has 1 aliphatic heterocycles. The van der Waals surface area contributed by atoms with Crippen molar-refractivity contribution in [3.63, 3.8) is 0 Å². The van der Waals surface area contributed by atoms with E-state index in [4.69, 9.17) is 33.2 Å². The summed E-state index contributed by atoms with van der Waals surface area (Å²) in [4.78, 5) is 0. The molecule has 8 nitrogen and oxygen atoms in total. The van der Waals surface area contributed by atoms with E-state index in [2.05, 4.69) is 12.2 Å². The van der Waals surface area contributed by atoms with E-state index in [1.807, 2.05) is 0 Å². The average Bonchev–Trinajstić information content (AvgIpc) is 2.82. The lowest BCUT2D eigenvalue weighted by molar-refractivity contribution is -0.0306. The number of nitrogens with one attached hydrogen (secondary N) is 1. The van der Waals surface area contributed by atoms with E-state index in [1.54, 1.807) is 0 Å². The Balaban J connectivity index is 1.62. The molecule has 1 N–H and O–H groups in total. The predicted octanol–water partition coefficient (Wildman–Crippen LogP) is 2.83. The summed E-state index contributed by atoms with van der Waals surface area (Å²) >= 11 is 0. The second-order valence-corrected chi connectivity index (χ2v) is 7.91. The quantitative estimate of drug-likeness (QED) is 0.207. The van der Waals surface area contributed by atoms with Crippen molar-refractivity contribution in [3.8, 4) is 0 Å². The molecule has 1 aliphatic rings. The molecule has 0 bridgehead atoms. The van der Waals surface area contributed by atoms with E-state index in [0.717, 1.165) is 39.0 Å². The van der Waals surface area contributed by atoms with Crippen LogP contribution in [0, 0.1) is 0 Å². The molecule has 1 heterocycles. The third-order valence-corrected chi connectivity index (χ3v) is 5.12. The second-order valence-electron chi connectivity index (χ2n) is 7.91. The molecule has 1 saturated heterocycles. The summed E-state index contributed by atoms with van der Waals surface area (Å²) in [5, 5.41) is 3.33. The van der Waals surface area contributed by atoms with Gasteiger partial charge in [-0.2, -0.15) is 0 Å². The van der Waals surface area contributed by atoms with Gasteiger partial charge in [0.2, 0.25) is 0 Å². The van der Waals surface area contributed by atoms with Crippen molar-refractivity contribution in [2.75, 3.05) is 99.0 Å². The van der Waals surface area contributed by atoms with E-state index in [1.165, 1.54) is 25.7 Å². The van der Waals surface area contributed by atoms with Crippen LogP contribution < -0.4 is 5.32 Å². The molecule has 8 heteroatoms. The number of rotatable bonds is 25. The Kier molecular flexibility index (Phi) is 23.5. The van der Waals surface area contributed by atoms with Crippen LogP contribution in [0.3, 0.4) is 0 Å². The zero-order valence-corrected chi connectivity index (χ0v) is 20.5. The highest BCUT2D eigenvalue weighted by Crippen LogP contribution is 2.06. The molecule has 0 atom stereocenters. The van der Waals surface area contributed by atoms with Crippen LogP contribution in [0.4, 0.5) is 0 Å². The second kappa shape index (κ2) is 25.3. The third-order valence-electron chi connectivity index (χ3n) is 5.12. The average molecular weight is 464 g/mol. The standard InChI is InChI=1S/C24H49NO7/c1-2-3-4-5-6-11-26-12-13-27-14-15-28-16-17-29-18-19-30-20-21-31-22-23-32-24-7-9-25-10-8-24/h24-25H,2-23H2,1H3. The zero-order chi connectivity index (χ0) is 22.8. The molecule has 0 spiro atoms. The fourth-order valence-electron chi connectivity index (χ4n) is 3.25. The minimum absolute atomic E-state index is 0.388. The molecule has 0 amide bonds. The molecular weight excluding hydrogens is 414 g/mol. The zero-order valence-electron chi connectivity index (χ0n) is 20.5. The van der Waals surface area contributed by atoms with Crippen LogP contribution in [0.1, 0.15) is 51.9 Å². The van der Waals surface area contributed by atoms with Crippen LogP contribution >= 0.6 is 0 Å². The fraction of sp³-hybridized carbons (Fsp3) is 1.00. The minimum Gasteiger partial charge on any atom is -0.379 e. The lowest BCUT2D eigenvalue weighted by atomic mass is 10.1. The van der Waals surface area contributed by atoms with Gasteiger partial charge >= 0.3 is 0 Å². The van der Waals surface area contributed by atoms with Gasteiger partial charge in [0.15, 0.2) is 0 Å². The smallest absolute Gasteiger partial charge is 0.0704 e. The topological polar surface area (TPSA) is 76.6 Å². The van der Waals surface area contributed by atoms with Gasteiger partial charge in [-0.1, -0.05) is 32.6 Å². The first kappa shape index (κ1) is 29.7. The number of hydrogen-bond donors (Lipinski definition) is 1. The molecule has 0 aromatic rings. The maximum Gasteiger partial charge on any atom is 0.0704 e. The van der Waals surface area contributed by atoms with Crippen molar-refractivity contribution in [1.29, 1.82) is 0 Å². The van der Waals surface area contributed by atoms with Gasteiger partial charge in [-0.3, -0.25) is 0 Å². The van der Waals surface area contributed by atoms with Gasteiger partial charge in [0.1, 0.15) is 0 Å².